The van der Waals surface area contributed by atoms with Gasteiger partial charge in [-0.05, 0) is 32.0 Å². The van der Waals surface area contributed by atoms with Crippen molar-refractivity contribution in [3.63, 3.8) is 0 Å². The van der Waals surface area contributed by atoms with Gasteiger partial charge in [0, 0.05) is 32.9 Å². The summed E-state index contributed by atoms with van der Waals surface area (Å²) in [7, 11) is 1.92. The van der Waals surface area contributed by atoms with Crippen molar-refractivity contribution in [2.24, 2.45) is 12.0 Å². The lowest BCUT2D eigenvalue weighted by molar-refractivity contribution is 0.0376. The molecule has 0 amide bonds. The van der Waals surface area contributed by atoms with Gasteiger partial charge < -0.3 is 19.9 Å². The molecule has 0 saturated carbocycles. The molecule has 9 nitrogen and oxygen atoms in total. The molecular weight excluding hydrogens is 375 g/mol. The fourth-order valence-corrected chi connectivity index (χ4v) is 2.96. The third-order valence-electron chi connectivity index (χ3n) is 4.87. The van der Waals surface area contributed by atoms with Gasteiger partial charge >= 0.3 is 0 Å². The second-order valence-corrected chi connectivity index (χ2v) is 6.91. The maximum Gasteiger partial charge on any atom is 0.192 e. The van der Waals surface area contributed by atoms with Crippen LogP contribution >= 0.6 is 0 Å². The highest BCUT2D eigenvalue weighted by Crippen LogP contribution is 2.04. The molecule has 158 valence electrons. The summed E-state index contributed by atoms with van der Waals surface area (Å²) < 4.78 is 21.1. The smallest absolute Gasteiger partial charge is 0.192 e. The zero-order chi connectivity index (χ0) is 20.5. The van der Waals surface area contributed by atoms with Crippen LogP contribution in [-0.2, 0) is 24.9 Å². The maximum absolute atomic E-state index is 13.8. The molecule has 1 fully saturated rings. The maximum atomic E-state index is 13.8. The molecule has 10 heteroatoms. The molecule has 0 aliphatic carbocycles. The van der Waals surface area contributed by atoms with Crippen molar-refractivity contribution >= 4 is 5.96 Å². The predicted molar refractivity (Wildman–Crippen MR) is 108 cm³/mol. The highest BCUT2D eigenvalue weighted by molar-refractivity contribution is 5.79. The summed E-state index contributed by atoms with van der Waals surface area (Å²) in [6.07, 6.45) is 2.54. The third-order valence-corrected chi connectivity index (χ3v) is 4.87. The lowest BCUT2D eigenvalue weighted by Crippen LogP contribution is -2.40. The Morgan fingerprint density at radius 1 is 1.28 bits per heavy atom. The predicted octanol–water partition coefficient (Wildman–Crippen LogP) is 0.615. The van der Waals surface area contributed by atoms with Gasteiger partial charge in [0.1, 0.15) is 11.6 Å². The Balaban J connectivity index is 1.55. The summed E-state index contributed by atoms with van der Waals surface area (Å²) in [5, 5.41) is 14.8. The van der Waals surface area contributed by atoms with E-state index in [2.05, 4.69) is 35.7 Å². The number of aliphatic imine (C=N–C) groups is 1. The molecule has 1 aliphatic heterocycles. The van der Waals surface area contributed by atoms with E-state index >= 15 is 0 Å². The van der Waals surface area contributed by atoms with E-state index in [0.29, 0.717) is 18.2 Å². The number of morpholine rings is 1. The normalized spacial score (nSPS) is 15.5. The van der Waals surface area contributed by atoms with Gasteiger partial charge in [-0.15, -0.1) is 10.2 Å². The fraction of sp³-hybridized carbons (Fsp3) is 0.579. The van der Waals surface area contributed by atoms with E-state index in [-0.39, 0.29) is 12.4 Å². The van der Waals surface area contributed by atoms with Crippen molar-refractivity contribution in [2.45, 2.75) is 26.4 Å². The van der Waals surface area contributed by atoms with Gasteiger partial charge in [-0.3, -0.25) is 9.88 Å². The summed E-state index contributed by atoms with van der Waals surface area (Å²) in [5.74, 6) is 1.88. The lowest BCUT2D eigenvalue weighted by Gasteiger charge is -2.26. The van der Waals surface area contributed by atoms with Crippen LogP contribution in [0.15, 0.2) is 23.3 Å². The fourth-order valence-electron chi connectivity index (χ4n) is 2.96. The lowest BCUT2D eigenvalue weighted by atomic mass is 10.3. The summed E-state index contributed by atoms with van der Waals surface area (Å²) in [6.45, 7) is 7.84. The highest BCUT2D eigenvalue weighted by Gasteiger charge is 2.10. The summed E-state index contributed by atoms with van der Waals surface area (Å²) in [5.41, 5.74) is 0.316. The number of ether oxygens (including phenoxy) is 1. The van der Waals surface area contributed by atoms with Crippen molar-refractivity contribution in [2.75, 3.05) is 39.4 Å². The number of aryl methyl sites for hydroxylation is 1. The number of hydrogen-bond acceptors (Lipinski definition) is 6. The number of hydrogen-bond donors (Lipinski definition) is 2. The summed E-state index contributed by atoms with van der Waals surface area (Å²) in [4.78, 5) is 10.9. The Hall–Kier alpha value is -2.59. The number of guanidine groups is 1. The van der Waals surface area contributed by atoms with Crippen LogP contribution in [0.5, 0.6) is 0 Å². The second kappa shape index (κ2) is 10.8. The topological polar surface area (TPSA) is 92.5 Å². The molecule has 0 spiro atoms. The molecule has 2 aromatic rings. The van der Waals surface area contributed by atoms with Gasteiger partial charge in [-0.25, -0.2) is 9.38 Å². The van der Waals surface area contributed by atoms with E-state index in [1.54, 1.807) is 12.3 Å². The second-order valence-electron chi connectivity index (χ2n) is 6.91. The average Bonchev–Trinajstić information content (AvgIpc) is 3.06. The van der Waals surface area contributed by atoms with Crippen LogP contribution in [0.25, 0.3) is 0 Å². The van der Waals surface area contributed by atoms with E-state index in [9.17, 15) is 4.39 Å². The Labute approximate surface area is 170 Å². The Morgan fingerprint density at radius 3 is 2.83 bits per heavy atom. The van der Waals surface area contributed by atoms with Crippen molar-refractivity contribution < 1.29 is 9.13 Å². The molecule has 0 bridgehead atoms. The minimum atomic E-state index is -0.355. The molecule has 3 rings (SSSR count). The van der Waals surface area contributed by atoms with Crippen LogP contribution in [0, 0.1) is 12.7 Å². The van der Waals surface area contributed by atoms with Crippen LogP contribution in [-0.4, -0.2) is 70.0 Å². The first-order valence-corrected chi connectivity index (χ1v) is 9.90. The van der Waals surface area contributed by atoms with Gasteiger partial charge in [0.25, 0.3) is 0 Å². The van der Waals surface area contributed by atoms with E-state index in [1.165, 1.54) is 6.07 Å². The number of nitrogens with one attached hydrogen (secondary N) is 2. The molecule has 0 aromatic carbocycles. The first-order chi connectivity index (χ1) is 14.1. The van der Waals surface area contributed by atoms with Crippen LogP contribution < -0.4 is 10.6 Å². The molecule has 2 aromatic heterocycles. The van der Waals surface area contributed by atoms with E-state index in [4.69, 9.17) is 4.74 Å². The van der Waals surface area contributed by atoms with Gasteiger partial charge in [-0.2, -0.15) is 0 Å². The number of aromatic nitrogens is 4. The molecule has 3 heterocycles. The monoisotopic (exact) mass is 404 g/mol. The van der Waals surface area contributed by atoms with E-state index in [0.717, 1.165) is 57.5 Å². The van der Waals surface area contributed by atoms with Crippen molar-refractivity contribution in [1.29, 1.82) is 0 Å². The molecule has 1 aliphatic rings. The molecule has 0 unspecified atom stereocenters. The quantitative estimate of drug-likeness (QED) is 0.378. The van der Waals surface area contributed by atoms with Crippen LogP contribution in [0.4, 0.5) is 4.39 Å². The molecule has 0 atom stereocenters. The molecule has 29 heavy (non-hydrogen) atoms. The van der Waals surface area contributed by atoms with E-state index in [1.807, 2.05) is 18.5 Å². The van der Waals surface area contributed by atoms with Crippen LogP contribution in [0.3, 0.4) is 0 Å². The highest BCUT2D eigenvalue weighted by atomic mass is 19.1. The minimum Gasteiger partial charge on any atom is -0.379 e. The molecule has 1 saturated heterocycles. The standard InChI is InChI=1S/C19H29FN8O/c1-15-25-26-18(27(15)2)14-24-19(23-13-17-16(20)5-3-6-21-17)22-7-4-8-28-9-11-29-12-10-28/h3,5-6H,4,7-14H2,1-2H3,(H2,22,23,24). The summed E-state index contributed by atoms with van der Waals surface area (Å²) >= 11 is 0. The Bertz CT molecular complexity index is 803. The zero-order valence-electron chi connectivity index (χ0n) is 17.1. The molecular formula is C19H29FN8O. The van der Waals surface area contributed by atoms with Gasteiger partial charge in [0.05, 0.1) is 32.0 Å². The first kappa shape index (κ1) is 21.1. The first-order valence-electron chi connectivity index (χ1n) is 9.90. The molecule has 2 N–H and O–H groups in total. The Kier molecular flexibility index (Phi) is 7.88. The SMILES string of the molecule is Cc1nnc(CNC(=NCc2ncccc2F)NCCCN2CCOCC2)n1C. The minimum absolute atomic E-state index is 0.156. The van der Waals surface area contributed by atoms with Crippen LogP contribution in [0.1, 0.15) is 23.8 Å². The number of nitrogens with zero attached hydrogens (tertiary/aromatic N) is 6. The third kappa shape index (κ3) is 6.47. The van der Waals surface area contributed by atoms with Gasteiger partial charge in [0.2, 0.25) is 0 Å². The van der Waals surface area contributed by atoms with Crippen molar-refractivity contribution in [3.8, 4) is 0 Å². The van der Waals surface area contributed by atoms with Crippen LogP contribution in [0.2, 0.25) is 0 Å². The van der Waals surface area contributed by atoms with E-state index < -0.39 is 0 Å². The van der Waals surface area contributed by atoms with Crippen molar-refractivity contribution in [3.05, 3.63) is 41.5 Å². The molecule has 0 radical (unpaired) electrons. The van der Waals surface area contributed by atoms with Crippen molar-refractivity contribution in [1.82, 2.24) is 35.3 Å². The Morgan fingerprint density at radius 2 is 2.10 bits per heavy atom. The van der Waals surface area contributed by atoms with Gasteiger partial charge in [-0.1, -0.05) is 0 Å². The van der Waals surface area contributed by atoms with Gasteiger partial charge in [0.15, 0.2) is 11.8 Å². The number of halogens is 1. The average molecular weight is 404 g/mol. The number of rotatable bonds is 8. The number of pyridine rings is 1. The largest absolute Gasteiger partial charge is 0.379 e. The summed E-state index contributed by atoms with van der Waals surface area (Å²) in [6, 6.07) is 2.96. The zero-order valence-corrected chi connectivity index (χ0v) is 17.1.